The third kappa shape index (κ3) is 7.43. The number of carbonyl (C=O) groups excluding carboxylic acids is 1. The summed E-state index contributed by atoms with van der Waals surface area (Å²) in [6.45, 7) is 3.25. The molecule has 5 nitrogen and oxygen atoms in total. The summed E-state index contributed by atoms with van der Waals surface area (Å²) in [6, 6.07) is 9.25. The predicted molar refractivity (Wildman–Crippen MR) is 77.5 cm³/mol. The van der Waals surface area contributed by atoms with E-state index >= 15 is 0 Å². The summed E-state index contributed by atoms with van der Waals surface area (Å²) in [7, 11) is 3.74. The Hall–Kier alpha value is -1.59. The minimum atomic E-state index is -0.161. The van der Waals surface area contributed by atoms with Crippen molar-refractivity contribution in [3.63, 3.8) is 0 Å². The highest BCUT2D eigenvalue weighted by molar-refractivity contribution is 5.89. The molecule has 0 atom stereocenters. The second-order valence-corrected chi connectivity index (χ2v) is 4.40. The number of hydrogen-bond donors (Lipinski definition) is 2. The third-order valence-corrected chi connectivity index (χ3v) is 2.71. The number of rotatable bonds is 8. The molecule has 1 aromatic carbocycles. The van der Waals surface area contributed by atoms with Crippen molar-refractivity contribution in [3.05, 3.63) is 30.3 Å². The van der Waals surface area contributed by atoms with Gasteiger partial charge in [0.05, 0.1) is 6.61 Å². The number of benzene rings is 1. The number of amides is 2. The second-order valence-electron chi connectivity index (χ2n) is 4.40. The van der Waals surface area contributed by atoms with Crippen LogP contribution in [-0.4, -0.2) is 51.3 Å². The molecule has 0 bridgehead atoms. The van der Waals surface area contributed by atoms with Crippen molar-refractivity contribution in [1.82, 2.24) is 10.2 Å². The van der Waals surface area contributed by atoms with Gasteiger partial charge >= 0.3 is 6.03 Å². The lowest BCUT2D eigenvalue weighted by molar-refractivity contribution is 0.160. The van der Waals surface area contributed by atoms with E-state index in [1.165, 1.54) is 0 Å². The summed E-state index contributed by atoms with van der Waals surface area (Å²) in [4.78, 5) is 13.8. The summed E-state index contributed by atoms with van der Waals surface area (Å²) >= 11 is 0. The molecule has 106 valence electrons. The fourth-order valence-electron chi connectivity index (χ4n) is 1.61. The van der Waals surface area contributed by atoms with Gasteiger partial charge in [-0.25, -0.2) is 4.79 Å². The van der Waals surface area contributed by atoms with Gasteiger partial charge in [-0.1, -0.05) is 18.2 Å². The molecule has 0 aliphatic carbocycles. The van der Waals surface area contributed by atoms with Crippen LogP contribution in [0.5, 0.6) is 0 Å². The monoisotopic (exact) mass is 265 g/mol. The van der Waals surface area contributed by atoms with Crippen LogP contribution in [0, 0.1) is 0 Å². The van der Waals surface area contributed by atoms with E-state index in [2.05, 4.69) is 15.5 Å². The molecule has 19 heavy (non-hydrogen) atoms. The van der Waals surface area contributed by atoms with Crippen molar-refractivity contribution >= 4 is 11.7 Å². The molecule has 0 aliphatic rings. The van der Waals surface area contributed by atoms with E-state index in [1.54, 1.807) is 7.11 Å². The van der Waals surface area contributed by atoms with Crippen LogP contribution < -0.4 is 10.6 Å². The lowest BCUT2D eigenvalue weighted by Gasteiger charge is -2.15. The highest BCUT2D eigenvalue weighted by Crippen LogP contribution is 2.03. The molecular formula is C14H23N3O2. The maximum absolute atomic E-state index is 11.6. The summed E-state index contributed by atoms with van der Waals surface area (Å²) in [6.07, 6.45) is 0.919. The first-order chi connectivity index (χ1) is 9.22. The van der Waals surface area contributed by atoms with Crippen LogP contribution in [-0.2, 0) is 4.74 Å². The molecule has 0 heterocycles. The normalized spacial score (nSPS) is 10.5. The van der Waals surface area contributed by atoms with Gasteiger partial charge in [-0.15, -0.1) is 0 Å². The molecule has 1 aromatic rings. The van der Waals surface area contributed by atoms with Gasteiger partial charge in [-0.05, 0) is 32.1 Å². The predicted octanol–water partition coefficient (Wildman–Crippen LogP) is 1.78. The van der Waals surface area contributed by atoms with Crippen LogP contribution in [0.2, 0.25) is 0 Å². The number of likely N-dealkylation sites (N-methyl/N-ethyl adjacent to an activating group) is 1. The van der Waals surface area contributed by atoms with E-state index < -0.39 is 0 Å². The van der Waals surface area contributed by atoms with Gasteiger partial charge in [0.25, 0.3) is 0 Å². The Bertz CT molecular complexity index is 357. The Kier molecular flexibility index (Phi) is 7.62. The number of urea groups is 1. The number of nitrogens with zero attached hydrogens (tertiary/aromatic N) is 1. The van der Waals surface area contributed by atoms with E-state index in [0.717, 1.165) is 31.8 Å². The molecule has 2 amide bonds. The van der Waals surface area contributed by atoms with Crippen molar-refractivity contribution in [2.24, 2.45) is 0 Å². The minimum Gasteiger partial charge on any atom is -0.383 e. The highest BCUT2D eigenvalue weighted by atomic mass is 16.5. The van der Waals surface area contributed by atoms with E-state index in [4.69, 9.17) is 4.74 Å². The van der Waals surface area contributed by atoms with E-state index in [9.17, 15) is 4.79 Å². The van der Waals surface area contributed by atoms with Crippen LogP contribution >= 0.6 is 0 Å². The first-order valence-electron chi connectivity index (χ1n) is 6.49. The Balaban J connectivity index is 2.07. The molecule has 0 radical (unpaired) electrons. The van der Waals surface area contributed by atoms with E-state index in [-0.39, 0.29) is 6.03 Å². The molecule has 0 saturated heterocycles. The van der Waals surface area contributed by atoms with Crippen LogP contribution in [0.4, 0.5) is 10.5 Å². The summed E-state index contributed by atoms with van der Waals surface area (Å²) in [5, 5.41) is 5.62. The number of ether oxygens (including phenoxy) is 1. The molecule has 0 aliphatic heterocycles. The fraction of sp³-hybridized carbons (Fsp3) is 0.500. The lowest BCUT2D eigenvalue weighted by atomic mass is 10.3. The number of carbonyl (C=O) groups is 1. The molecule has 0 aromatic heterocycles. The molecular weight excluding hydrogens is 242 g/mol. The zero-order chi connectivity index (χ0) is 13.9. The molecule has 2 N–H and O–H groups in total. The Labute approximate surface area is 114 Å². The van der Waals surface area contributed by atoms with Gasteiger partial charge in [0, 0.05) is 25.9 Å². The smallest absolute Gasteiger partial charge is 0.319 e. The van der Waals surface area contributed by atoms with E-state index in [0.29, 0.717) is 6.54 Å². The van der Waals surface area contributed by atoms with Crippen molar-refractivity contribution in [2.45, 2.75) is 6.42 Å². The SMILES string of the molecule is COCCN(C)CCCNC(=O)Nc1ccccc1. The molecule has 1 rings (SSSR count). The number of nitrogens with one attached hydrogen (secondary N) is 2. The van der Waals surface area contributed by atoms with Crippen molar-refractivity contribution < 1.29 is 9.53 Å². The van der Waals surface area contributed by atoms with Crippen LogP contribution in [0.15, 0.2) is 30.3 Å². The second kappa shape index (κ2) is 9.35. The largest absolute Gasteiger partial charge is 0.383 e. The highest BCUT2D eigenvalue weighted by Gasteiger charge is 2.01. The lowest BCUT2D eigenvalue weighted by Crippen LogP contribution is -2.32. The molecule has 0 fully saturated rings. The molecule has 0 unspecified atom stereocenters. The van der Waals surface area contributed by atoms with Gasteiger partial charge in [0.2, 0.25) is 0 Å². The van der Waals surface area contributed by atoms with Gasteiger partial charge in [-0.3, -0.25) is 0 Å². The maximum atomic E-state index is 11.6. The van der Waals surface area contributed by atoms with Crippen molar-refractivity contribution in [3.8, 4) is 0 Å². The topological polar surface area (TPSA) is 53.6 Å². The van der Waals surface area contributed by atoms with Gasteiger partial charge in [-0.2, -0.15) is 0 Å². The summed E-state index contributed by atoms with van der Waals surface area (Å²) in [5.41, 5.74) is 0.803. The van der Waals surface area contributed by atoms with Gasteiger partial charge in [0.15, 0.2) is 0 Å². The zero-order valence-electron chi connectivity index (χ0n) is 11.7. The number of para-hydroxylation sites is 1. The Morgan fingerprint density at radius 1 is 1.26 bits per heavy atom. The average Bonchev–Trinajstić information content (AvgIpc) is 2.42. The van der Waals surface area contributed by atoms with Gasteiger partial charge in [0.1, 0.15) is 0 Å². The Morgan fingerprint density at radius 3 is 2.68 bits per heavy atom. The first-order valence-corrected chi connectivity index (χ1v) is 6.49. The van der Waals surface area contributed by atoms with Gasteiger partial charge < -0.3 is 20.3 Å². The number of methoxy groups -OCH3 is 1. The van der Waals surface area contributed by atoms with Crippen LogP contribution in [0.1, 0.15) is 6.42 Å². The zero-order valence-corrected chi connectivity index (χ0v) is 11.7. The number of anilines is 1. The molecule has 5 heteroatoms. The quantitative estimate of drug-likeness (QED) is 0.704. The number of hydrogen-bond acceptors (Lipinski definition) is 3. The molecule has 0 spiro atoms. The average molecular weight is 265 g/mol. The standard InChI is InChI=1S/C14H23N3O2/c1-17(11-12-19-2)10-6-9-15-14(18)16-13-7-4-3-5-8-13/h3-5,7-8H,6,9-12H2,1-2H3,(H2,15,16,18). The maximum Gasteiger partial charge on any atom is 0.319 e. The Morgan fingerprint density at radius 2 is 2.00 bits per heavy atom. The van der Waals surface area contributed by atoms with Crippen LogP contribution in [0.25, 0.3) is 0 Å². The first kappa shape index (κ1) is 15.5. The fourth-order valence-corrected chi connectivity index (χ4v) is 1.61. The minimum absolute atomic E-state index is 0.161. The van der Waals surface area contributed by atoms with Crippen molar-refractivity contribution in [1.29, 1.82) is 0 Å². The summed E-state index contributed by atoms with van der Waals surface area (Å²) < 4.78 is 5.00. The van der Waals surface area contributed by atoms with Crippen LogP contribution in [0.3, 0.4) is 0 Å². The van der Waals surface area contributed by atoms with E-state index in [1.807, 2.05) is 37.4 Å². The third-order valence-electron chi connectivity index (χ3n) is 2.71. The molecule has 0 saturated carbocycles. The summed E-state index contributed by atoms with van der Waals surface area (Å²) in [5.74, 6) is 0. The van der Waals surface area contributed by atoms with Crippen molar-refractivity contribution in [2.75, 3.05) is 45.7 Å².